The van der Waals surface area contributed by atoms with Crippen LogP contribution >= 0.6 is 20.2 Å². The number of rotatable bonds is 20. The van der Waals surface area contributed by atoms with Gasteiger partial charge in [0.15, 0.2) is 5.78 Å². The van der Waals surface area contributed by atoms with E-state index in [0.29, 0.717) is 74.6 Å². The number of ether oxygens (including phenoxy) is 4. The molecule has 96 heavy (non-hydrogen) atoms. The Labute approximate surface area is 559 Å². The van der Waals surface area contributed by atoms with Crippen LogP contribution in [0.4, 0.5) is 25.2 Å². The number of nitrogens with zero attached hydrogens (tertiary/aromatic N) is 11. The number of aromatic amines is 2. The zero-order valence-electron chi connectivity index (χ0n) is 57.1. The SMILES string of the molecule is CCN(CC)CC.CN=C(On1nnc2cccnc21)N(C)C.COC(C1CC1)C(C)n1c(C)c(C(=O)O)c2cccnc21.COc1cc(C)[nH]c(=O)c1CCC(=O)c1c(C)n(C(C)C(OC)C2CC2)c2ncccc12.COc1cc(C)[nH]c(=O)c1CN.Cl.F[P-](F)(F)(F)(F)F. The molecular weight excluding hydrogens is 1310 g/mol. The number of hydrogen-bond donors (Lipinski definition) is 4. The molecule has 2 fully saturated rings. The molecule has 0 bridgehead atoms. The molecule has 0 aromatic carbocycles. The Morgan fingerprint density at radius 3 is 1.51 bits per heavy atom. The summed E-state index contributed by atoms with van der Waals surface area (Å²) >= 11 is 0. The van der Waals surface area contributed by atoms with E-state index in [2.05, 4.69) is 84.3 Å². The van der Waals surface area contributed by atoms with Crippen LogP contribution in [0.15, 0.2) is 81.7 Å². The van der Waals surface area contributed by atoms with Crippen molar-refractivity contribution in [2.45, 2.75) is 132 Å². The van der Waals surface area contributed by atoms with E-state index < -0.39 is 13.8 Å². The van der Waals surface area contributed by atoms with Gasteiger partial charge in [-0.15, -0.1) is 17.5 Å². The van der Waals surface area contributed by atoms with Gasteiger partial charge in [-0.2, -0.15) is 0 Å². The van der Waals surface area contributed by atoms with E-state index in [0.717, 1.165) is 39.5 Å². The van der Waals surface area contributed by atoms with Crippen molar-refractivity contribution >= 4 is 71.2 Å². The number of aryl methyl sites for hydroxylation is 2. The summed E-state index contributed by atoms with van der Waals surface area (Å²) in [6.07, 6.45) is 10.5. The van der Waals surface area contributed by atoms with Gasteiger partial charge in [-0.25, -0.2) is 24.7 Å². The third-order valence-electron chi connectivity index (χ3n) is 16.0. The second-order valence-electron chi connectivity index (χ2n) is 22.9. The third-order valence-corrected chi connectivity index (χ3v) is 16.0. The molecule has 8 heterocycles. The monoisotopic (exact) mass is 1400 g/mol. The van der Waals surface area contributed by atoms with Crippen molar-refractivity contribution in [3.63, 3.8) is 0 Å². The van der Waals surface area contributed by atoms with Crippen LogP contribution in [0.1, 0.15) is 133 Å². The molecule has 4 unspecified atom stereocenters. The van der Waals surface area contributed by atoms with Crippen LogP contribution in [0.5, 0.6) is 11.5 Å². The fourth-order valence-corrected chi connectivity index (χ4v) is 11.3. The van der Waals surface area contributed by atoms with Crippen molar-refractivity contribution in [1.82, 2.24) is 59.0 Å². The second-order valence-corrected chi connectivity index (χ2v) is 24.9. The Hall–Kier alpha value is -8.02. The Bertz CT molecular complexity index is 4020. The number of amidine groups is 1. The maximum absolute atomic E-state index is 13.4. The predicted octanol–water partition coefficient (Wildman–Crippen LogP) is 12.3. The van der Waals surface area contributed by atoms with Gasteiger partial charge in [0.05, 0.1) is 55.2 Å². The minimum absolute atomic E-state index is 0. The Balaban J connectivity index is 0.000000266. The Kier molecular flexibility index (Phi) is 28.7. The summed E-state index contributed by atoms with van der Waals surface area (Å²) < 4.78 is 85.2. The Morgan fingerprint density at radius 2 is 1.12 bits per heavy atom. The number of aromatic nitrogens is 10. The predicted molar refractivity (Wildman–Crippen MR) is 363 cm³/mol. The van der Waals surface area contributed by atoms with Crippen molar-refractivity contribution < 1.29 is 63.7 Å². The summed E-state index contributed by atoms with van der Waals surface area (Å²) in [7, 11) is 1.18. The van der Waals surface area contributed by atoms with Gasteiger partial charge in [-0.1, -0.05) is 20.8 Å². The first-order valence-electron chi connectivity index (χ1n) is 30.9. The van der Waals surface area contributed by atoms with E-state index in [1.807, 2.05) is 56.8 Å². The molecule has 0 spiro atoms. The summed E-state index contributed by atoms with van der Waals surface area (Å²) in [5, 5.41) is 18.8. The molecule has 8 aromatic rings. The van der Waals surface area contributed by atoms with E-state index in [1.54, 1.807) is 82.9 Å². The van der Waals surface area contributed by atoms with E-state index in [1.165, 1.54) is 64.4 Å². The summed E-state index contributed by atoms with van der Waals surface area (Å²) in [5.41, 5.74) is 12.9. The van der Waals surface area contributed by atoms with Gasteiger partial charge in [0.2, 0.25) is 5.65 Å². The van der Waals surface area contributed by atoms with E-state index in [4.69, 9.17) is 29.5 Å². The molecular formula is C64H91ClF6N14O10P-. The summed E-state index contributed by atoms with van der Waals surface area (Å²) in [4.78, 5) is 82.0. The van der Waals surface area contributed by atoms with Crippen molar-refractivity contribution in [3.8, 4) is 11.5 Å². The van der Waals surface area contributed by atoms with Gasteiger partial charge in [-0.3, -0.25) is 14.4 Å². The number of ketones is 1. The fourth-order valence-electron chi connectivity index (χ4n) is 11.3. The molecule has 24 nitrogen and oxygen atoms in total. The fraction of sp³-hybridized carbons (Fsp3) is 0.500. The number of carbonyl (C=O) groups excluding carboxylic acids is 1. The average Bonchev–Trinajstić information content (AvgIpc) is 1.64. The minimum atomic E-state index is -10.7. The van der Waals surface area contributed by atoms with Gasteiger partial charge < -0.3 is 63.5 Å². The van der Waals surface area contributed by atoms with Gasteiger partial charge in [-0.05, 0) is 164 Å². The first-order valence-corrected chi connectivity index (χ1v) is 32.9. The van der Waals surface area contributed by atoms with Crippen LogP contribution in [-0.2, 0) is 22.4 Å². The molecule has 5 N–H and O–H groups in total. The van der Waals surface area contributed by atoms with Crippen LogP contribution < -0.4 is 31.2 Å². The van der Waals surface area contributed by atoms with Gasteiger partial charge in [0, 0.05) is 106 Å². The normalized spacial score (nSPS) is 14.8. The van der Waals surface area contributed by atoms with Crippen LogP contribution in [0.3, 0.4) is 0 Å². The maximum atomic E-state index is 13.4. The van der Waals surface area contributed by atoms with Gasteiger partial charge in [0.25, 0.3) is 11.1 Å². The second kappa shape index (κ2) is 34.3. The molecule has 0 amide bonds. The zero-order chi connectivity index (χ0) is 70.9. The Morgan fingerprint density at radius 1 is 0.708 bits per heavy atom. The van der Waals surface area contributed by atoms with Crippen molar-refractivity contribution in [2.24, 2.45) is 22.6 Å². The number of aromatic carboxylic acids is 1. The molecule has 532 valence electrons. The number of Topliss-reactive ketones (excluding diaryl/α,β-unsaturated/α-hetero) is 1. The molecule has 2 saturated carbocycles. The number of H-pyrrole nitrogens is 2. The first kappa shape index (κ1) is 80.4. The van der Waals surface area contributed by atoms with Crippen LogP contribution in [0, 0.1) is 39.5 Å². The molecule has 0 radical (unpaired) electrons. The number of carboxylic acid groups (broad SMARTS) is 1. The molecule has 0 aliphatic heterocycles. The third kappa shape index (κ3) is 22.3. The number of aliphatic imine (C=N–C) groups is 1. The number of carbonyl (C=O) groups is 2. The zero-order valence-corrected chi connectivity index (χ0v) is 58.8. The molecule has 0 saturated heterocycles. The number of halogens is 7. The number of nitrogens with two attached hydrogens (primary N) is 1. The summed E-state index contributed by atoms with van der Waals surface area (Å²) in [5.74, 6) is 1.28. The topological polar surface area (TPSA) is 290 Å². The van der Waals surface area contributed by atoms with Crippen molar-refractivity contribution in [3.05, 3.63) is 133 Å². The summed E-state index contributed by atoms with van der Waals surface area (Å²) in [6, 6.07) is 15.1. The average molecular weight is 1400 g/mol. The number of carboxylic acids is 1. The van der Waals surface area contributed by atoms with Crippen molar-refractivity contribution in [2.75, 3.05) is 69.2 Å². The first-order chi connectivity index (χ1) is 44.6. The number of hydrogen-bond acceptors (Lipinski definition) is 17. The van der Waals surface area contributed by atoms with Crippen molar-refractivity contribution in [1.29, 1.82) is 0 Å². The number of methoxy groups -OCH3 is 4. The van der Waals surface area contributed by atoms with E-state index in [9.17, 15) is 49.5 Å². The molecule has 2 aliphatic rings. The molecule has 8 aromatic heterocycles. The number of pyridine rings is 5. The molecule has 10 rings (SSSR count). The summed E-state index contributed by atoms with van der Waals surface area (Å²) in [6.45, 7) is 22.0. The van der Waals surface area contributed by atoms with E-state index >= 15 is 0 Å². The molecule has 32 heteroatoms. The number of fused-ring (bicyclic) bond motifs is 3. The van der Waals surface area contributed by atoms with Crippen LogP contribution in [0.2, 0.25) is 0 Å². The van der Waals surface area contributed by atoms with Crippen LogP contribution in [-0.4, -0.2) is 163 Å². The quantitative estimate of drug-likeness (QED) is 0.0181. The van der Waals surface area contributed by atoms with E-state index in [-0.39, 0.29) is 66.6 Å². The van der Waals surface area contributed by atoms with Crippen LogP contribution in [0.25, 0.3) is 33.2 Å². The standard InChI is InChI=1S/C25H31N3O4.C16H20N2O3.C9H12N6O.C8H12N2O2.C6H15N.ClH.F6P/c1-14-13-21(31-4)18(25(30)27-14)10-11-20(29)22-15(2)28(24-19(22)7-6-12-26-24)16(3)23(32-5)17-8-9-17;1-9-13(16(19)20)12-5-4-8-17-15(12)18(9)10(2)14(21-3)11-6-7-11;1-10-9(14(2)3)16-15-8-7(12-13-15)5-4-6-11-8;1-5-3-7(12-2)6(4-9)8(11)10-5;1-4-7(5-2)6-3;;1-7(2,3,4,5)6/h6-7,12-13,16-17,23H,8-11H2,1-5H3,(H,27,30);4-5,8,10-11,14H,6-7H2,1-3H3,(H,19,20);4-6H,1-3H3;3H,4,9H2,1-2H3,(H,10,11);4-6H2,1-3H3;1H;/q;;;;;;-1. The molecule has 4 atom stereocenters. The van der Waals surface area contributed by atoms with Gasteiger partial charge in [0.1, 0.15) is 28.3 Å². The molecule has 2 aliphatic carbocycles. The number of nitrogens with one attached hydrogen (secondary N) is 2. The van der Waals surface area contributed by atoms with Gasteiger partial charge >= 0.3 is 45.0 Å².